The number of benzene rings is 2. The fraction of sp³-hybridized carbons (Fsp3) is 0.211. The summed E-state index contributed by atoms with van der Waals surface area (Å²) in [4.78, 5) is 36.1. The average molecular weight is 392 g/mol. The normalized spacial score (nSPS) is 11.3. The summed E-state index contributed by atoms with van der Waals surface area (Å²) in [5, 5.41) is 3.05. The minimum Gasteiger partial charge on any atom is -0.493 e. The number of halogens is 1. The SMILES string of the molecule is COc1ccc(C=O)c(C(=O)O[C@H](C)C(=O)Nc2cccc(Cl)c2)c1OC. The maximum absolute atomic E-state index is 12.6. The van der Waals surface area contributed by atoms with Crippen molar-refractivity contribution in [1.82, 2.24) is 0 Å². The Morgan fingerprint density at radius 1 is 1.15 bits per heavy atom. The highest BCUT2D eigenvalue weighted by Crippen LogP contribution is 2.33. The van der Waals surface area contributed by atoms with Gasteiger partial charge in [-0.2, -0.15) is 0 Å². The summed E-state index contributed by atoms with van der Waals surface area (Å²) < 4.78 is 15.5. The summed E-state index contributed by atoms with van der Waals surface area (Å²) in [6.45, 7) is 1.41. The molecule has 0 spiro atoms. The Bertz CT molecular complexity index is 867. The summed E-state index contributed by atoms with van der Waals surface area (Å²) in [5.74, 6) is -1.14. The molecular formula is C19H18ClNO6. The molecule has 0 unspecified atom stereocenters. The number of hydrogen-bond acceptors (Lipinski definition) is 6. The molecule has 2 aromatic rings. The molecule has 2 rings (SSSR count). The van der Waals surface area contributed by atoms with Crippen LogP contribution in [0.15, 0.2) is 36.4 Å². The van der Waals surface area contributed by atoms with Crippen LogP contribution >= 0.6 is 11.6 Å². The summed E-state index contributed by atoms with van der Waals surface area (Å²) >= 11 is 5.87. The van der Waals surface area contributed by atoms with Crippen LogP contribution in [0.4, 0.5) is 5.69 Å². The molecule has 0 bridgehead atoms. The molecule has 8 heteroatoms. The zero-order valence-electron chi connectivity index (χ0n) is 14.9. The van der Waals surface area contributed by atoms with E-state index in [1.165, 1.54) is 33.3 Å². The third-order valence-corrected chi connectivity index (χ3v) is 3.89. The van der Waals surface area contributed by atoms with Crippen molar-refractivity contribution in [2.45, 2.75) is 13.0 Å². The van der Waals surface area contributed by atoms with E-state index in [-0.39, 0.29) is 22.6 Å². The molecule has 0 aliphatic carbocycles. The second-order valence-corrected chi connectivity index (χ2v) is 5.87. The predicted octanol–water partition coefficient (Wildman–Crippen LogP) is 3.35. The molecule has 142 valence electrons. The van der Waals surface area contributed by atoms with Crippen LogP contribution in [-0.4, -0.2) is 38.5 Å². The lowest BCUT2D eigenvalue weighted by Gasteiger charge is -2.17. The van der Waals surface area contributed by atoms with Crippen LogP contribution < -0.4 is 14.8 Å². The van der Waals surface area contributed by atoms with Gasteiger partial charge >= 0.3 is 5.97 Å². The summed E-state index contributed by atoms with van der Waals surface area (Å²) in [7, 11) is 2.73. The lowest BCUT2D eigenvalue weighted by molar-refractivity contribution is -0.123. The Balaban J connectivity index is 2.21. The van der Waals surface area contributed by atoms with E-state index in [9.17, 15) is 14.4 Å². The minimum absolute atomic E-state index is 0.0505. The number of esters is 1. The van der Waals surface area contributed by atoms with E-state index in [2.05, 4.69) is 5.32 Å². The van der Waals surface area contributed by atoms with E-state index in [4.69, 9.17) is 25.8 Å². The first-order chi connectivity index (χ1) is 12.9. The van der Waals surface area contributed by atoms with Crippen LogP contribution in [0.1, 0.15) is 27.6 Å². The highest BCUT2D eigenvalue weighted by Gasteiger charge is 2.26. The van der Waals surface area contributed by atoms with E-state index in [1.807, 2.05) is 0 Å². The number of methoxy groups -OCH3 is 2. The van der Waals surface area contributed by atoms with Crippen molar-refractivity contribution in [3.8, 4) is 11.5 Å². The topological polar surface area (TPSA) is 90.9 Å². The first kappa shape index (κ1) is 20.3. The van der Waals surface area contributed by atoms with Crippen molar-refractivity contribution in [3.63, 3.8) is 0 Å². The molecule has 1 atom stereocenters. The van der Waals surface area contributed by atoms with Crippen LogP contribution in [0, 0.1) is 0 Å². The van der Waals surface area contributed by atoms with Gasteiger partial charge in [0, 0.05) is 16.3 Å². The number of nitrogens with one attached hydrogen (secondary N) is 1. The average Bonchev–Trinajstić information content (AvgIpc) is 2.66. The Morgan fingerprint density at radius 2 is 1.89 bits per heavy atom. The van der Waals surface area contributed by atoms with Crippen molar-refractivity contribution in [2.75, 3.05) is 19.5 Å². The second kappa shape index (κ2) is 9.05. The third-order valence-electron chi connectivity index (χ3n) is 3.65. The number of aldehydes is 1. The molecule has 0 fully saturated rings. The van der Waals surface area contributed by atoms with Gasteiger partial charge in [-0.05, 0) is 37.3 Å². The zero-order chi connectivity index (χ0) is 20.0. The van der Waals surface area contributed by atoms with Crippen LogP contribution in [0.25, 0.3) is 0 Å². The van der Waals surface area contributed by atoms with Crippen molar-refractivity contribution < 1.29 is 28.6 Å². The van der Waals surface area contributed by atoms with Crippen LogP contribution in [-0.2, 0) is 9.53 Å². The van der Waals surface area contributed by atoms with E-state index in [0.29, 0.717) is 17.0 Å². The molecule has 0 aliphatic rings. The van der Waals surface area contributed by atoms with Crippen LogP contribution in [0.2, 0.25) is 5.02 Å². The number of carbonyl (C=O) groups is 3. The van der Waals surface area contributed by atoms with Crippen LogP contribution in [0.5, 0.6) is 11.5 Å². The molecule has 7 nitrogen and oxygen atoms in total. The van der Waals surface area contributed by atoms with Gasteiger partial charge in [0.05, 0.1) is 14.2 Å². The highest BCUT2D eigenvalue weighted by molar-refractivity contribution is 6.30. The fourth-order valence-electron chi connectivity index (χ4n) is 2.33. The summed E-state index contributed by atoms with van der Waals surface area (Å²) in [5.41, 5.74) is 0.400. The van der Waals surface area contributed by atoms with Crippen molar-refractivity contribution in [2.24, 2.45) is 0 Å². The molecule has 1 amide bonds. The van der Waals surface area contributed by atoms with Gasteiger partial charge in [-0.1, -0.05) is 17.7 Å². The molecule has 2 aromatic carbocycles. The van der Waals surface area contributed by atoms with Gasteiger partial charge < -0.3 is 19.5 Å². The number of amides is 1. The van der Waals surface area contributed by atoms with Crippen molar-refractivity contribution in [3.05, 3.63) is 52.5 Å². The van der Waals surface area contributed by atoms with Gasteiger partial charge in [0.2, 0.25) is 0 Å². The maximum atomic E-state index is 12.6. The molecule has 1 N–H and O–H groups in total. The second-order valence-electron chi connectivity index (χ2n) is 5.43. The molecule has 0 aromatic heterocycles. The van der Waals surface area contributed by atoms with Crippen LogP contribution in [0.3, 0.4) is 0 Å². The van der Waals surface area contributed by atoms with Gasteiger partial charge in [0.15, 0.2) is 23.9 Å². The zero-order valence-corrected chi connectivity index (χ0v) is 15.7. The lowest BCUT2D eigenvalue weighted by Crippen LogP contribution is -2.30. The predicted molar refractivity (Wildman–Crippen MR) is 99.9 cm³/mol. The Kier molecular flexibility index (Phi) is 6.79. The number of hydrogen-bond donors (Lipinski definition) is 1. The smallest absolute Gasteiger partial charge is 0.343 e. The molecule has 27 heavy (non-hydrogen) atoms. The van der Waals surface area contributed by atoms with Crippen molar-refractivity contribution >= 4 is 35.5 Å². The molecule has 0 aliphatic heterocycles. The Morgan fingerprint density at radius 3 is 2.48 bits per heavy atom. The molecule has 0 saturated heterocycles. The molecule has 0 heterocycles. The Hall–Kier alpha value is -3.06. The first-order valence-corrected chi connectivity index (χ1v) is 8.26. The number of anilines is 1. The van der Waals surface area contributed by atoms with Gasteiger partial charge in [0.1, 0.15) is 5.56 Å². The third kappa shape index (κ3) is 4.77. The van der Waals surface area contributed by atoms with E-state index >= 15 is 0 Å². The quantitative estimate of drug-likeness (QED) is 0.575. The van der Waals surface area contributed by atoms with E-state index in [1.54, 1.807) is 24.3 Å². The molecule has 0 radical (unpaired) electrons. The number of ether oxygens (including phenoxy) is 3. The number of carbonyl (C=O) groups excluding carboxylic acids is 3. The van der Waals surface area contributed by atoms with Gasteiger partial charge in [0.25, 0.3) is 5.91 Å². The standard InChI is InChI=1S/C19H18ClNO6/c1-11(18(23)21-14-6-4-5-13(20)9-14)27-19(24)16-12(10-22)7-8-15(25-2)17(16)26-3/h4-11H,1-3H3,(H,21,23)/t11-/m1/s1. The lowest BCUT2D eigenvalue weighted by atomic mass is 10.1. The maximum Gasteiger partial charge on any atom is 0.343 e. The first-order valence-electron chi connectivity index (χ1n) is 7.88. The van der Waals surface area contributed by atoms with Crippen molar-refractivity contribution in [1.29, 1.82) is 0 Å². The largest absolute Gasteiger partial charge is 0.493 e. The highest BCUT2D eigenvalue weighted by atomic mass is 35.5. The van der Waals surface area contributed by atoms with E-state index in [0.717, 1.165) is 0 Å². The monoisotopic (exact) mass is 391 g/mol. The minimum atomic E-state index is -1.13. The van der Waals surface area contributed by atoms with Gasteiger partial charge in [-0.15, -0.1) is 0 Å². The summed E-state index contributed by atoms with van der Waals surface area (Å²) in [6.07, 6.45) is -0.637. The van der Waals surface area contributed by atoms with E-state index < -0.39 is 18.0 Å². The molecule has 0 saturated carbocycles. The Labute approximate surface area is 161 Å². The summed E-state index contributed by atoms with van der Waals surface area (Å²) in [6, 6.07) is 9.44. The fourth-order valence-corrected chi connectivity index (χ4v) is 2.52. The van der Waals surface area contributed by atoms with Gasteiger partial charge in [-0.3, -0.25) is 9.59 Å². The molecular weight excluding hydrogens is 374 g/mol. The van der Waals surface area contributed by atoms with Gasteiger partial charge in [-0.25, -0.2) is 4.79 Å². The number of rotatable bonds is 7.